The molecule has 3 aromatic heterocycles. The van der Waals surface area contributed by atoms with Crippen molar-refractivity contribution in [1.82, 2.24) is 24.7 Å². The molecule has 5 aromatic rings. The van der Waals surface area contributed by atoms with Crippen LogP contribution in [0, 0.1) is 13.8 Å². The molecular formula is C23H19N5OS. The molecule has 0 saturated carbocycles. The summed E-state index contributed by atoms with van der Waals surface area (Å²) in [6.07, 6.45) is 3.53. The van der Waals surface area contributed by atoms with Crippen molar-refractivity contribution in [2.75, 3.05) is 0 Å². The third kappa shape index (κ3) is 3.48. The van der Waals surface area contributed by atoms with Gasteiger partial charge in [-0.05, 0) is 61.4 Å². The average molecular weight is 414 g/mol. The Balaban J connectivity index is 1.54. The number of oxazole rings is 1. The number of benzene rings is 2. The number of fused-ring (bicyclic) bond motifs is 1. The lowest BCUT2D eigenvalue weighted by atomic mass is 10.1. The molecule has 0 N–H and O–H groups in total. The van der Waals surface area contributed by atoms with Gasteiger partial charge in [0.25, 0.3) is 0 Å². The number of pyridine rings is 1. The Morgan fingerprint density at radius 1 is 0.933 bits per heavy atom. The lowest BCUT2D eigenvalue weighted by Crippen LogP contribution is -2.01. The van der Waals surface area contributed by atoms with Crippen molar-refractivity contribution in [2.24, 2.45) is 0 Å². The summed E-state index contributed by atoms with van der Waals surface area (Å²) in [7, 11) is 0. The van der Waals surface area contributed by atoms with Gasteiger partial charge < -0.3 is 4.42 Å². The zero-order chi connectivity index (χ0) is 20.5. The average Bonchev–Trinajstić information content (AvgIpc) is 3.38. The highest BCUT2D eigenvalue weighted by Gasteiger charge is 2.18. The molecule has 7 heteroatoms. The predicted octanol–water partition coefficient (Wildman–Crippen LogP) is 5.38. The zero-order valence-corrected chi connectivity index (χ0v) is 17.4. The molecule has 0 unspecified atom stereocenters. The van der Waals surface area contributed by atoms with E-state index in [1.165, 1.54) is 11.1 Å². The predicted molar refractivity (Wildman–Crippen MR) is 118 cm³/mol. The van der Waals surface area contributed by atoms with Gasteiger partial charge in [0.2, 0.25) is 5.89 Å². The standard InChI is InChI=1S/C23H19N5OS/c1-15-7-8-18(13-16(15)2)28-22(17-9-11-24-12-10-17)26-27-23(28)30-14-21-25-19-5-3-4-6-20(19)29-21/h3-13H,14H2,1-2H3. The minimum atomic E-state index is 0.563. The smallest absolute Gasteiger partial charge is 0.205 e. The first-order valence-electron chi connectivity index (χ1n) is 9.60. The molecule has 3 heterocycles. The monoisotopic (exact) mass is 413 g/mol. The zero-order valence-electron chi connectivity index (χ0n) is 16.6. The summed E-state index contributed by atoms with van der Waals surface area (Å²) in [4.78, 5) is 8.69. The van der Waals surface area contributed by atoms with Crippen LogP contribution < -0.4 is 0 Å². The minimum absolute atomic E-state index is 0.563. The molecule has 0 radical (unpaired) electrons. The molecule has 0 atom stereocenters. The van der Waals surface area contributed by atoms with E-state index in [0.717, 1.165) is 33.3 Å². The van der Waals surface area contributed by atoms with Crippen LogP contribution in [0.4, 0.5) is 0 Å². The second-order valence-electron chi connectivity index (χ2n) is 7.01. The molecule has 0 aliphatic rings. The van der Waals surface area contributed by atoms with Crippen molar-refractivity contribution in [3.8, 4) is 17.1 Å². The lowest BCUT2D eigenvalue weighted by molar-refractivity contribution is 0.556. The SMILES string of the molecule is Cc1ccc(-n2c(SCc3nc4ccccc4o3)nnc2-c2ccncc2)cc1C. The van der Waals surface area contributed by atoms with E-state index in [0.29, 0.717) is 11.6 Å². The quantitative estimate of drug-likeness (QED) is 0.360. The number of nitrogens with zero attached hydrogens (tertiary/aromatic N) is 5. The van der Waals surface area contributed by atoms with Gasteiger partial charge in [-0.3, -0.25) is 9.55 Å². The summed E-state index contributed by atoms with van der Waals surface area (Å²) in [6.45, 7) is 4.22. The van der Waals surface area contributed by atoms with Crippen molar-refractivity contribution in [1.29, 1.82) is 0 Å². The van der Waals surface area contributed by atoms with Crippen LogP contribution in [0.15, 0.2) is 76.6 Å². The molecule has 2 aromatic carbocycles. The molecule has 0 aliphatic carbocycles. The number of aromatic nitrogens is 5. The van der Waals surface area contributed by atoms with Crippen LogP contribution in [0.1, 0.15) is 17.0 Å². The minimum Gasteiger partial charge on any atom is -0.440 e. The van der Waals surface area contributed by atoms with Crippen molar-refractivity contribution >= 4 is 22.9 Å². The molecule has 30 heavy (non-hydrogen) atoms. The van der Waals surface area contributed by atoms with E-state index >= 15 is 0 Å². The summed E-state index contributed by atoms with van der Waals surface area (Å²) >= 11 is 1.55. The molecule has 5 rings (SSSR count). The molecule has 0 spiro atoms. The molecule has 0 aliphatic heterocycles. The van der Waals surface area contributed by atoms with Crippen molar-refractivity contribution in [3.63, 3.8) is 0 Å². The van der Waals surface area contributed by atoms with Crippen molar-refractivity contribution in [3.05, 3.63) is 84.0 Å². The fraction of sp³-hybridized carbons (Fsp3) is 0.130. The van der Waals surface area contributed by atoms with E-state index in [4.69, 9.17) is 4.42 Å². The highest BCUT2D eigenvalue weighted by atomic mass is 32.2. The Morgan fingerprint density at radius 2 is 1.77 bits per heavy atom. The van der Waals surface area contributed by atoms with Crippen LogP contribution >= 0.6 is 11.8 Å². The van der Waals surface area contributed by atoms with Gasteiger partial charge in [-0.2, -0.15) is 0 Å². The van der Waals surface area contributed by atoms with Gasteiger partial charge in [-0.1, -0.05) is 30.0 Å². The maximum absolute atomic E-state index is 5.86. The van der Waals surface area contributed by atoms with E-state index in [9.17, 15) is 0 Å². The first-order chi connectivity index (χ1) is 14.7. The summed E-state index contributed by atoms with van der Waals surface area (Å²) in [6, 6.07) is 18.0. The van der Waals surface area contributed by atoms with E-state index in [2.05, 4.69) is 56.8 Å². The van der Waals surface area contributed by atoms with Crippen LogP contribution in [0.3, 0.4) is 0 Å². The third-order valence-electron chi connectivity index (χ3n) is 4.98. The van der Waals surface area contributed by atoms with Crippen LogP contribution in [-0.4, -0.2) is 24.7 Å². The highest BCUT2D eigenvalue weighted by molar-refractivity contribution is 7.98. The first-order valence-corrected chi connectivity index (χ1v) is 10.6. The fourth-order valence-electron chi connectivity index (χ4n) is 3.26. The third-order valence-corrected chi connectivity index (χ3v) is 5.90. The van der Waals surface area contributed by atoms with Gasteiger partial charge in [0.1, 0.15) is 5.52 Å². The number of aryl methyl sites for hydroxylation is 2. The van der Waals surface area contributed by atoms with Crippen LogP contribution in [0.25, 0.3) is 28.2 Å². The Morgan fingerprint density at radius 3 is 2.57 bits per heavy atom. The number of hydrogen-bond acceptors (Lipinski definition) is 6. The maximum Gasteiger partial charge on any atom is 0.205 e. The highest BCUT2D eigenvalue weighted by Crippen LogP contribution is 2.30. The largest absolute Gasteiger partial charge is 0.440 e. The first kappa shape index (κ1) is 18.6. The van der Waals surface area contributed by atoms with Crippen LogP contribution in [0.5, 0.6) is 0 Å². The summed E-state index contributed by atoms with van der Waals surface area (Å²) < 4.78 is 7.94. The second-order valence-corrected chi connectivity index (χ2v) is 7.95. The topological polar surface area (TPSA) is 69.6 Å². The summed E-state index contributed by atoms with van der Waals surface area (Å²) in [5.74, 6) is 2.01. The molecule has 0 bridgehead atoms. The van der Waals surface area contributed by atoms with E-state index < -0.39 is 0 Å². The van der Waals surface area contributed by atoms with Crippen molar-refractivity contribution < 1.29 is 4.42 Å². The number of thioether (sulfide) groups is 1. The molecular weight excluding hydrogens is 394 g/mol. The van der Waals surface area contributed by atoms with Gasteiger partial charge in [0, 0.05) is 18.0 Å². The second kappa shape index (κ2) is 7.76. The van der Waals surface area contributed by atoms with Gasteiger partial charge in [-0.25, -0.2) is 4.98 Å². The normalized spacial score (nSPS) is 11.3. The Kier molecular flexibility index (Phi) is 4.80. The van der Waals surface area contributed by atoms with E-state index in [1.54, 1.807) is 24.2 Å². The van der Waals surface area contributed by atoms with Crippen LogP contribution in [-0.2, 0) is 5.75 Å². The molecule has 148 valence electrons. The fourth-order valence-corrected chi connectivity index (χ4v) is 4.05. The number of rotatable bonds is 5. The Hall–Kier alpha value is -3.45. The Labute approximate surface area is 178 Å². The van der Waals surface area contributed by atoms with Gasteiger partial charge in [0.15, 0.2) is 16.6 Å². The van der Waals surface area contributed by atoms with E-state index in [-0.39, 0.29) is 0 Å². The number of para-hydroxylation sites is 2. The molecule has 0 fully saturated rings. The molecule has 0 saturated heterocycles. The lowest BCUT2D eigenvalue weighted by Gasteiger charge is -2.12. The van der Waals surface area contributed by atoms with Gasteiger partial charge in [-0.15, -0.1) is 10.2 Å². The summed E-state index contributed by atoms with van der Waals surface area (Å²) in [5, 5.41) is 9.74. The molecule has 6 nitrogen and oxygen atoms in total. The maximum atomic E-state index is 5.86. The van der Waals surface area contributed by atoms with Gasteiger partial charge >= 0.3 is 0 Å². The molecule has 0 amide bonds. The summed E-state index contributed by atoms with van der Waals surface area (Å²) in [5.41, 5.74) is 6.11. The van der Waals surface area contributed by atoms with Crippen LogP contribution in [0.2, 0.25) is 0 Å². The van der Waals surface area contributed by atoms with Gasteiger partial charge in [0.05, 0.1) is 11.4 Å². The number of hydrogen-bond donors (Lipinski definition) is 0. The van der Waals surface area contributed by atoms with Crippen molar-refractivity contribution in [2.45, 2.75) is 24.8 Å². The van der Waals surface area contributed by atoms with E-state index in [1.807, 2.05) is 36.4 Å². The Bertz CT molecular complexity index is 1290.